The number of rotatable bonds is 3. The first kappa shape index (κ1) is 20.9. The van der Waals surface area contributed by atoms with E-state index in [0.717, 1.165) is 47.5 Å². The molecule has 0 unspecified atom stereocenters. The van der Waals surface area contributed by atoms with Gasteiger partial charge in [0.05, 0.1) is 16.2 Å². The lowest BCUT2D eigenvalue weighted by molar-refractivity contribution is 0.0982. The van der Waals surface area contributed by atoms with Gasteiger partial charge in [0.15, 0.2) is 9.84 Å². The SMILES string of the molecule is Cc1cc(S(C)(=O)=O)cnc1-c1ccc2c(c1)CCCN2C(=O)c1ccc(O)cc1O. The Morgan fingerprint density at radius 1 is 1.10 bits per heavy atom. The number of carbonyl (C=O) groups excluding carboxylic acids is 1. The molecule has 2 N–H and O–H groups in total. The minimum atomic E-state index is -3.33. The lowest BCUT2D eigenvalue weighted by atomic mass is 9.96. The van der Waals surface area contributed by atoms with E-state index in [-0.39, 0.29) is 27.9 Å². The second-order valence-corrected chi connectivity index (χ2v) is 9.73. The molecule has 0 aliphatic carbocycles. The summed E-state index contributed by atoms with van der Waals surface area (Å²) in [5.41, 5.74) is 4.15. The number of aromatic nitrogens is 1. The van der Waals surface area contributed by atoms with Gasteiger partial charge in [-0.15, -0.1) is 0 Å². The van der Waals surface area contributed by atoms with Crippen molar-refractivity contribution in [2.75, 3.05) is 17.7 Å². The molecular formula is C23H22N2O5S. The Hall–Kier alpha value is -3.39. The zero-order chi connectivity index (χ0) is 22.3. The number of anilines is 1. The molecule has 31 heavy (non-hydrogen) atoms. The van der Waals surface area contributed by atoms with Gasteiger partial charge < -0.3 is 15.1 Å². The van der Waals surface area contributed by atoms with E-state index in [9.17, 15) is 23.4 Å². The highest BCUT2D eigenvalue weighted by Gasteiger charge is 2.26. The number of hydrogen-bond donors (Lipinski definition) is 2. The minimum absolute atomic E-state index is 0.109. The number of hydrogen-bond acceptors (Lipinski definition) is 6. The summed E-state index contributed by atoms with van der Waals surface area (Å²) >= 11 is 0. The maximum atomic E-state index is 13.1. The highest BCUT2D eigenvalue weighted by Crippen LogP contribution is 2.34. The van der Waals surface area contributed by atoms with E-state index in [1.54, 1.807) is 11.0 Å². The number of benzene rings is 2. The Morgan fingerprint density at radius 2 is 1.87 bits per heavy atom. The summed E-state index contributed by atoms with van der Waals surface area (Å²) in [4.78, 5) is 19.2. The lowest BCUT2D eigenvalue weighted by Crippen LogP contribution is -2.35. The molecule has 7 nitrogen and oxygen atoms in total. The molecule has 160 valence electrons. The summed E-state index contributed by atoms with van der Waals surface area (Å²) < 4.78 is 23.5. The van der Waals surface area contributed by atoms with Gasteiger partial charge in [0.1, 0.15) is 11.5 Å². The fourth-order valence-corrected chi connectivity index (χ4v) is 4.49. The van der Waals surface area contributed by atoms with Gasteiger partial charge in [0.25, 0.3) is 5.91 Å². The molecule has 0 atom stereocenters. The zero-order valence-corrected chi connectivity index (χ0v) is 18.0. The van der Waals surface area contributed by atoms with Crippen LogP contribution in [-0.4, -0.2) is 42.3 Å². The first-order valence-corrected chi connectivity index (χ1v) is 11.7. The molecule has 2 heterocycles. The lowest BCUT2D eigenvalue weighted by Gasteiger charge is -2.30. The van der Waals surface area contributed by atoms with Gasteiger partial charge in [-0.1, -0.05) is 6.07 Å². The van der Waals surface area contributed by atoms with Gasteiger partial charge >= 0.3 is 0 Å². The van der Waals surface area contributed by atoms with E-state index in [0.29, 0.717) is 12.2 Å². The molecule has 4 rings (SSSR count). The molecule has 0 bridgehead atoms. The molecule has 3 aromatic rings. The molecule has 0 spiro atoms. The average Bonchev–Trinajstić information content (AvgIpc) is 2.71. The van der Waals surface area contributed by atoms with E-state index in [2.05, 4.69) is 4.98 Å². The summed E-state index contributed by atoms with van der Waals surface area (Å²) in [5, 5.41) is 19.6. The number of aromatic hydroxyl groups is 2. The molecule has 0 fully saturated rings. The standard InChI is InChI=1S/C23H22N2O5S/c1-14-10-18(31(2,29)30)13-24-22(14)16-5-8-20-15(11-16)4-3-9-25(20)23(28)19-7-6-17(26)12-21(19)27/h5-8,10-13,26-27H,3-4,9H2,1-2H3. The number of carbonyl (C=O) groups is 1. The maximum Gasteiger partial charge on any atom is 0.262 e. The number of nitrogens with zero attached hydrogens (tertiary/aromatic N) is 2. The second kappa shape index (κ2) is 7.70. The molecular weight excluding hydrogens is 416 g/mol. The third kappa shape index (κ3) is 3.98. The van der Waals surface area contributed by atoms with Crippen LogP contribution in [0.5, 0.6) is 11.5 Å². The maximum absolute atomic E-state index is 13.1. The number of amides is 1. The van der Waals surface area contributed by atoms with Crippen molar-refractivity contribution in [1.29, 1.82) is 0 Å². The first-order valence-electron chi connectivity index (χ1n) is 9.79. The van der Waals surface area contributed by atoms with Gasteiger partial charge in [0, 0.05) is 36.3 Å². The van der Waals surface area contributed by atoms with Gasteiger partial charge in [-0.25, -0.2) is 8.42 Å². The van der Waals surface area contributed by atoms with E-state index in [1.807, 2.05) is 25.1 Å². The monoisotopic (exact) mass is 438 g/mol. The smallest absolute Gasteiger partial charge is 0.262 e. The zero-order valence-electron chi connectivity index (χ0n) is 17.2. The van der Waals surface area contributed by atoms with Gasteiger partial charge in [0.2, 0.25) is 0 Å². The van der Waals surface area contributed by atoms with Crippen LogP contribution in [0.15, 0.2) is 53.6 Å². The quantitative estimate of drug-likeness (QED) is 0.648. The molecule has 1 aliphatic heterocycles. The van der Waals surface area contributed by atoms with Crippen molar-refractivity contribution in [3.63, 3.8) is 0 Å². The van der Waals surface area contributed by atoms with Crippen LogP contribution in [-0.2, 0) is 16.3 Å². The summed E-state index contributed by atoms with van der Waals surface area (Å²) in [5.74, 6) is -0.708. The molecule has 1 aromatic heterocycles. The van der Waals surface area contributed by atoms with Crippen molar-refractivity contribution in [3.05, 3.63) is 65.4 Å². The molecule has 0 radical (unpaired) electrons. The first-order chi connectivity index (χ1) is 14.6. The van der Waals surface area contributed by atoms with Gasteiger partial charge in [-0.3, -0.25) is 9.78 Å². The molecule has 2 aromatic carbocycles. The molecule has 8 heteroatoms. The van der Waals surface area contributed by atoms with E-state index in [1.165, 1.54) is 18.3 Å². The fourth-order valence-electron chi connectivity index (χ4n) is 3.86. The normalized spacial score (nSPS) is 13.7. The third-order valence-corrected chi connectivity index (χ3v) is 6.49. The van der Waals surface area contributed by atoms with Crippen LogP contribution >= 0.6 is 0 Å². The van der Waals surface area contributed by atoms with E-state index < -0.39 is 9.84 Å². The fraction of sp³-hybridized carbons (Fsp3) is 0.217. The summed E-state index contributed by atoms with van der Waals surface area (Å²) in [6, 6.07) is 11.2. The Kier molecular flexibility index (Phi) is 5.18. The van der Waals surface area contributed by atoms with Gasteiger partial charge in [-0.05, 0) is 61.2 Å². The second-order valence-electron chi connectivity index (χ2n) is 7.71. The Morgan fingerprint density at radius 3 is 2.55 bits per heavy atom. The van der Waals surface area contributed by atoms with E-state index in [4.69, 9.17) is 0 Å². The molecule has 1 aliphatic rings. The number of phenols is 2. The molecule has 1 amide bonds. The Balaban J connectivity index is 1.70. The predicted octanol–water partition coefficient (Wildman–Crippen LogP) is 3.46. The summed E-state index contributed by atoms with van der Waals surface area (Å²) in [6.07, 6.45) is 4.06. The largest absolute Gasteiger partial charge is 0.508 e. The number of sulfone groups is 1. The summed E-state index contributed by atoms with van der Waals surface area (Å²) in [7, 11) is -3.33. The van der Waals surface area contributed by atoms with Crippen LogP contribution < -0.4 is 4.90 Å². The highest BCUT2D eigenvalue weighted by molar-refractivity contribution is 7.90. The van der Waals surface area contributed by atoms with Crippen molar-refractivity contribution in [3.8, 4) is 22.8 Å². The van der Waals surface area contributed by atoms with Crippen LogP contribution in [0.4, 0.5) is 5.69 Å². The number of fused-ring (bicyclic) bond motifs is 1. The van der Waals surface area contributed by atoms with Crippen LogP contribution in [0.2, 0.25) is 0 Å². The van der Waals surface area contributed by atoms with Crippen LogP contribution in [0.3, 0.4) is 0 Å². The third-order valence-electron chi connectivity index (χ3n) is 5.41. The Labute approximate surface area is 180 Å². The van der Waals surface area contributed by atoms with Crippen molar-refractivity contribution in [2.45, 2.75) is 24.7 Å². The topological polar surface area (TPSA) is 108 Å². The highest BCUT2D eigenvalue weighted by atomic mass is 32.2. The van der Waals surface area contributed by atoms with Crippen molar-refractivity contribution < 1.29 is 23.4 Å². The number of pyridine rings is 1. The Bertz CT molecular complexity index is 1300. The van der Waals surface area contributed by atoms with Crippen molar-refractivity contribution in [2.24, 2.45) is 0 Å². The number of aryl methyl sites for hydroxylation is 2. The van der Waals surface area contributed by atoms with Crippen LogP contribution in [0.1, 0.15) is 27.9 Å². The van der Waals surface area contributed by atoms with E-state index >= 15 is 0 Å². The number of phenolic OH excluding ortho intramolecular Hbond substituents is 2. The van der Waals surface area contributed by atoms with Crippen LogP contribution in [0, 0.1) is 6.92 Å². The summed E-state index contributed by atoms with van der Waals surface area (Å²) in [6.45, 7) is 2.34. The van der Waals surface area contributed by atoms with Crippen LogP contribution in [0.25, 0.3) is 11.3 Å². The minimum Gasteiger partial charge on any atom is -0.508 e. The molecule has 0 saturated heterocycles. The van der Waals surface area contributed by atoms with Crippen molar-refractivity contribution >= 4 is 21.4 Å². The van der Waals surface area contributed by atoms with Crippen molar-refractivity contribution in [1.82, 2.24) is 4.98 Å². The average molecular weight is 439 g/mol. The molecule has 0 saturated carbocycles. The van der Waals surface area contributed by atoms with Gasteiger partial charge in [-0.2, -0.15) is 0 Å². The predicted molar refractivity (Wildman–Crippen MR) is 117 cm³/mol.